The number of ether oxygens (including phenoxy) is 21. The molecule has 0 aliphatic carbocycles. The Morgan fingerprint density at radius 2 is 0.500 bits per heavy atom. The van der Waals surface area contributed by atoms with Gasteiger partial charge in [-0.15, -0.1) is 35.3 Å². The van der Waals surface area contributed by atoms with Crippen molar-refractivity contribution < 1.29 is 157 Å². The molecule has 2 N–H and O–H groups in total. The topological polar surface area (TPSA) is 456 Å². The number of benzene rings is 4. The monoisotopic (exact) mass is 1960 g/mol. The Morgan fingerprint density at radius 3 is 0.739 bits per heavy atom. The summed E-state index contributed by atoms with van der Waals surface area (Å²) in [5.41, 5.74) is 8.73. The lowest BCUT2D eigenvalue weighted by atomic mass is 9.99. The van der Waals surface area contributed by atoms with Crippen LogP contribution in [0.1, 0.15) is 106 Å². The van der Waals surface area contributed by atoms with Crippen LogP contribution in [-0.2, 0) is 143 Å². The number of carbonyl (C=O) groups excluding carboxylic acids is 12. The van der Waals surface area contributed by atoms with Crippen LogP contribution in [0.3, 0.4) is 0 Å². The molecule has 3 fully saturated rings. The van der Waals surface area contributed by atoms with Crippen LogP contribution in [-0.4, -0.2) is 278 Å². The molecule has 3 aromatic heterocycles. The Balaban J connectivity index is 0.805. The fraction of sp³-hybridized carbons (Fsp3) is 0.429. The molecule has 12 rings (SSSR count). The predicted molar refractivity (Wildman–Crippen MR) is 503 cm³/mol. The van der Waals surface area contributed by atoms with Gasteiger partial charge in [-0.1, -0.05) is 66.7 Å². The number of esters is 12. The van der Waals surface area contributed by atoms with Gasteiger partial charge in [0.15, 0.2) is 54.9 Å². The van der Waals surface area contributed by atoms with Crippen molar-refractivity contribution in [1.29, 1.82) is 0 Å². The van der Waals surface area contributed by atoms with Crippen LogP contribution >= 0.6 is 35.3 Å². The molecule has 0 spiro atoms. The minimum Gasteiger partial charge on any atom is -0.491 e. The lowest BCUT2D eigenvalue weighted by Crippen LogP contribution is -2.61. The van der Waals surface area contributed by atoms with E-state index in [2.05, 4.69) is 9.97 Å². The Hall–Kier alpha value is -12.7. The second-order valence-corrected chi connectivity index (χ2v) is 35.3. The highest BCUT2D eigenvalue weighted by atomic mass is 32.2. The fourth-order valence-corrected chi connectivity index (χ4v) is 19.0. The lowest BCUT2D eigenvalue weighted by Gasteiger charge is -2.44. The molecule has 40 heteroatoms. The van der Waals surface area contributed by atoms with Crippen molar-refractivity contribution in [2.45, 2.75) is 173 Å². The zero-order valence-corrected chi connectivity index (χ0v) is 80.2. The molecular formula is C98H108N4O33S3. The quantitative estimate of drug-likeness (QED) is 0.0204. The van der Waals surface area contributed by atoms with E-state index in [4.69, 9.17) is 109 Å². The molecule has 0 radical (unpaired) electrons. The number of hydrogen-bond donors (Lipinski definition) is 2. The summed E-state index contributed by atoms with van der Waals surface area (Å²) >= 11 is 3.57. The second-order valence-electron chi connectivity index (χ2n) is 31.6. The van der Waals surface area contributed by atoms with Gasteiger partial charge in [-0.2, -0.15) is 0 Å². The first-order chi connectivity index (χ1) is 66.3. The summed E-state index contributed by atoms with van der Waals surface area (Å²) in [5.74, 6) is -6.04. The fourth-order valence-electron chi connectivity index (χ4n) is 15.8. The highest BCUT2D eigenvalue weighted by molar-refractivity contribution is 8.00. The third-order valence-electron chi connectivity index (χ3n) is 21.1. The zero-order chi connectivity index (χ0) is 98.6. The normalized spacial score (nSPS) is 21.3. The molecule has 736 valence electrons. The van der Waals surface area contributed by atoms with Gasteiger partial charge in [0, 0.05) is 145 Å². The van der Waals surface area contributed by atoms with Crippen LogP contribution in [0.4, 0.5) is 0 Å². The number of nitrogens with one attached hydrogen (secondary N) is 2. The van der Waals surface area contributed by atoms with Crippen molar-refractivity contribution in [3.05, 3.63) is 150 Å². The first kappa shape index (κ1) is 104. The largest absolute Gasteiger partial charge is 0.491 e. The van der Waals surface area contributed by atoms with Crippen molar-refractivity contribution in [2.24, 2.45) is 0 Å². The van der Waals surface area contributed by atoms with Crippen molar-refractivity contribution in [3.63, 3.8) is 0 Å². The third kappa shape index (κ3) is 29.5. The highest BCUT2D eigenvalue weighted by Crippen LogP contribution is 2.43. The number of fused-ring (bicyclic) bond motifs is 8. The first-order valence-electron chi connectivity index (χ1n) is 44.2. The van der Waals surface area contributed by atoms with Gasteiger partial charge in [-0.3, -0.25) is 57.5 Å². The summed E-state index contributed by atoms with van der Waals surface area (Å²) in [6.45, 7) is 14.3. The molecular weight excluding hydrogens is 1860 g/mol. The molecule has 0 amide bonds. The zero-order valence-electron chi connectivity index (χ0n) is 77.8. The maximum atomic E-state index is 12.5. The van der Waals surface area contributed by atoms with Crippen molar-refractivity contribution in [1.82, 2.24) is 19.9 Å². The van der Waals surface area contributed by atoms with E-state index in [1.165, 1.54) is 76.8 Å². The molecule has 8 bridgehead atoms. The van der Waals surface area contributed by atoms with Crippen LogP contribution in [0, 0.1) is 0 Å². The van der Waals surface area contributed by atoms with Crippen LogP contribution in [0.25, 0.3) is 90.9 Å². The third-order valence-corrected chi connectivity index (χ3v) is 24.4. The molecule has 3 saturated heterocycles. The number of carbonyl (C=O) groups is 12. The maximum absolute atomic E-state index is 12.5. The summed E-state index contributed by atoms with van der Waals surface area (Å²) in [7, 11) is 0. The predicted octanol–water partition coefficient (Wildman–Crippen LogP) is 12.0. The van der Waals surface area contributed by atoms with Crippen LogP contribution < -0.4 is 14.2 Å². The van der Waals surface area contributed by atoms with Gasteiger partial charge in [-0.05, 0) is 107 Å². The number of nitrogens with zero attached hydrogens (tertiary/aromatic N) is 2. The number of aromatic amines is 2. The Kier molecular flexibility index (Phi) is 38.2. The summed E-state index contributed by atoms with van der Waals surface area (Å²) in [6, 6.07) is 40.8. The van der Waals surface area contributed by atoms with Crippen molar-refractivity contribution in [2.75, 3.05) is 96.5 Å². The van der Waals surface area contributed by atoms with E-state index in [-0.39, 0.29) is 96.5 Å². The molecule has 37 nitrogen and oxygen atoms in total. The smallest absolute Gasteiger partial charge is 0.303 e. The Morgan fingerprint density at radius 1 is 0.268 bits per heavy atom. The Labute approximate surface area is 806 Å². The second kappa shape index (κ2) is 50.6. The van der Waals surface area contributed by atoms with Gasteiger partial charge >= 0.3 is 71.6 Å². The average molecular weight is 1970 g/mol. The summed E-state index contributed by atoms with van der Waals surface area (Å²) in [4.78, 5) is 166. The van der Waals surface area contributed by atoms with E-state index in [0.717, 1.165) is 97.1 Å². The van der Waals surface area contributed by atoms with Crippen LogP contribution in [0.5, 0.6) is 17.2 Å². The molecule has 138 heavy (non-hydrogen) atoms. The summed E-state index contributed by atoms with van der Waals surface area (Å²) < 4.78 is 122. The van der Waals surface area contributed by atoms with E-state index < -0.39 is 161 Å². The molecule has 7 aromatic rings. The average Bonchev–Trinajstić information content (AvgIpc) is 1.64. The van der Waals surface area contributed by atoms with Gasteiger partial charge < -0.3 is 109 Å². The Bertz CT molecular complexity index is 5570. The molecule has 4 aromatic carbocycles. The highest BCUT2D eigenvalue weighted by Gasteiger charge is 2.55. The molecule has 8 heterocycles. The minimum absolute atomic E-state index is 0.127. The van der Waals surface area contributed by atoms with E-state index in [1.807, 2.05) is 152 Å². The molecule has 0 saturated carbocycles. The summed E-state index contributed by atoms with van der Waals surface area (Å²) in [6.07, 6.45) is -6.87. The maximum Gasteiger partial charge on any atom is 0.303 e. The van der Waals surface area contributed by atoms with E-state index in [9.17, 15) is 57.5 Å². The number of hydrogen-bond acceptors (Lipinski definition) is 38. The van der Waals surface area contributed by atoms with Crippen LogP contribution in [0.2, 0.25) is 0 Å². The van der Waals surface area contributed by atoms with Gasteiger partial charge in [0.1, 0.15) is 91.5 Å². The molecule has 5 aliphatic rings. The molecule has 5 aliphatic heterocycles. The minimum atomic E-state index is -1.32. The summed E-state index contributed by atoms with van der Waals surface area (Å²) in [5, 5.41) is 0. The van der Waals surface area contributed by atoms with Crippen molar-refractivity contribution in [3.8, 4) is 61.8 Å². The van der Waals surface area contributed by atoms with E-state index >= 15 is 0 Å². The molecule has 0 unspecified atom stereocenters. The lowest BCUT2D eigenvalue weighted by molar-refractivity contribution is -0.237. The standard InChI is InChI=1S/C98H108N4O33S3/c1-53(103)121-50-80-87(124-56(4)106)90(127-59(7)109)93(130-62(10)112)96(133-80)136-47-44-115-38-41-118-69-24-18-66(19-25-69)84-74-32-30-72(99-74)83(65-16-14-13-15-17-65)73-31-33-75(100-73)85(67-20-26-70(27-21-67)119-42-39-116-45-48-137-97-94(131-63(11)113)91(128-60(8)110)88(125-57(5)107)81(134-97)51-122-54(2)104)77-35-37-79(102-77)86(78-36-34-76(84)101-78)68-22-28-71(29-23-68)120-43-40-117-46-49-138-98-95(132-64(12)114)92(129-61(9)111)89(126-58(6)108)82(135-98)52-123-55(3)105/h13-37,80-82,87-99,102H,38-52H2,1-12H3/t80-,81-,82-,87+,88+,89+,90+,91+,92+,93-,94-,95-,96+,97+,98+/m1/s1. The SMILES string of the molecule is CC(=O)OC[C@H]1O[C@@H](SCCOCCOc2ccc(-c3c4nc(c(-c5ccc(OCCOCCS[C@@H]6O[C@H](COC(C)=O)[C@H](OC(C)=O)[C@H](OC(C)=O)[C@H]6OC(C)=O)cc5)c5ccc([nH]5)c(-c5ccc(OCCOCCS[C@@H]6O[C@H](COC(C)=O)[C@H](OC(C)=O)[C@H](OC(C)=O)[C@H]6OC(C)=O)cc5)c5nc(c(-c6ccccc6)c6ccc3[nH]6)C=C5)C=C4)cc2)[C@H](OC(C)=O)[C@@H](OC(C)=O)[C@H]1OC(C)=O. The van der Waals surface area contributed by atoms with Crippen LogP contribution in [0.15, 0.2) is 127 Å². The first-order valence-corrected chi connectivity index (χ1v) is 47.4. The van der Waals surface area contributed by atoms with Crippen molar-refractivity contribution >= 4 is 153 Å². The van der Waals surface area contributed by atoms with Gasteiger partial charge in [-0.25, -0.2) is 9.97 Å². The van der Waals surface area contributed by atoms with E-state index in [0.29, 0.717) is 51.1 Å². The molecule has 15 atom stereocenters. The number of thioether (sulfide) groups is 3. The van der Waals surface area contributed by atoms with Gasteiger partial charge in [0.05, 0.1) is 62.4 Å². The number of rotatable bonds is 43. The van der Waals surface area contributed by atoms with E-state index in [1.54, 1.807) is 0 Å². The van der Waals surface area contributed by atoms with Gasteiger partial charge in [0.25, 0.3) is 0 Å². The number of aromatic nitrogens is 4. The number of H-pyrrole nitrogens is 2. The van der Waals surface area contributed by atoms with Gasteiger partial charge in [0.2, 0.25) is 0 Å².